The average molecular weight is 472 g/mol. The molecule has 2 amide bonds. The number of carbonyl (C=O) groups is 2. The minimum absolute atomic E-state index is 0.0370. The molecule has 0 atom stereocenters. The summed E-state index contributed by atoms with van der Waals surface area (Å²) in [5, 5.41) is 2.54. The quantitative estimate of drug-likeness (QED) is 0.570. The van der Waals surface area contributed by atoms with Crippen LogP contribution >= 0.6 is 0 Å². The Balaban J connectivity index is 1.35. The maximum atomic E-state index is 13.9. The zero-order valence-electron chi connectivity index (χ0n) is 17.8. The summed E-state index contributed by atoms with van der Waals surface area (Å²) in [5.41, 5.74) is -0.648. The summed E-state index contributed by atoms with van der Waals surface area (Å²) in [7, 11) is 0. The molecule has 1 fully saturated rings. The molecular weight excluding hydrogens is 452 g/mol. The highest BCUT2D eigenvalue weighted by Crippen LogP contribution is 2.29. The molecular formula is C24H20F4N4O2. The van der Waals surface area contributed by atoms with Crippen molar-refractivity contribution in [2.24, 2.45) is 0 Å². The van der Waals surface area contributed by atoms with Gasteiger partial charge in [0.1, 0.15) is 11.6 Å². The SMILES string of the molecule is O=C(Nc1ccc(N2CCN(C(=O)c3ccccc3F)CC2)nc1)c1cccc(C(F)(F)F)c1. The maximum Gasteiger partial charge on any atom is 0.416 e. The zero-order chi connectivity index (χ0) is 24.3. The number of carbonyl (C=O) groups excluding carboxylic acids is 2. The first kappa shape index (κ1) is 23.2. The smallest absolute Gasteiger partial charge is 0.353 e. The van der Waals surface area contributed by atoms with Gasteiger partial charge in [-0.2, -0.15) is 13.2 Å². The van der Waals surface area contributed by atoms with Crippen molar-refractivity contribution in [1.29, 1.82) is 0 Å². The van der Waals surface area contributed by atoms with E-state index in [-0.39, 0.29) is 17.0 Å². The first-order valence-corrected chi connectivity index (χ1v) is 10.5. The number of nitrogens with one attached hydrogen (secondary N) is 1. The molecule has 1 saturated heterocycles. The molecule has 0 spiro atoms. The van der Waals surface area contributed by atoms with Crippen LogP contribution in [0.3, 0.4) is 0 Å². The lowest BCUT2D eigenvalue weighted by molar-refractivity contribution is -0.137. The molecule has 4 rings (SSSR count). The van der Waals surface area contributed by atoms with Gasteiger partial charge in [-0.25, -0.2) is 9.37 Å². The van der Waals surface area contributed by atoms with E-state index in [9.17, 15) is 27.2 Å². The van der Waals surface area contributed by atoms with Crippen molar-refractivity contribution in [3.8, 4) is 0 Å². The van der Waals surface area contributed by atoms with Gasteiger partial charge in [0.2, 0.25) is 0 Å². The van der Waals surface area contributed by atoms with Crippen molar-refractivity contribution in [1.82, 2.24) is 9.88 Å². The molecule has 1 aliphatic heterocycles. The molecule has 0 aliphatic carbocycles. The zero-order valence-corrected chi connectivity index (χ0v) is 17.8. The number of nitrogens with zero attached hydrogens (tertiary/aromatic N) is 3. The van der Waals surface area contributed by atoms with Crippen molar-refractivity contribution in [3.63, 3.8) is 0 Å². The highest BCUT2D eigenvalue weighted by atomic mass is 19.4. The van der Waals surface area contributed by atoms with Crippen LogP contribution < -0.4 is 10.2 Å². The van der Waals surface area contributed by atoms with Gasteiger partial charge in [0.25, 0.3) is 11.8 Å². The largest absolute Gasteiger partial charge is 0.416 e. The third-order valence-corrected chi connectivity index (χ3v) is 5.45. The average Bonchev–Trinajstić information content (AvgIpc) is 2.84. The Morgan fingerprint density at radius 3 is 2.29 bits per heavy atom. The van der Waals surface area contributed by atoms with Crippen molar-refractivity contribution in [2.45, 2.75) is 6.18 Å². The second kappa shape index (κ2) is 9.50. The van der Waals surface area contributed by atoms with E-state index in [2.05, 4.69) is 10.3 Å². The van der Waals surface area contributed by atoms with Crippen LogP contribution in [-0.2, 0) is 6.18 Å². The summed E-state index contributed by atoms with van der Waals surface area (Å²) in [6.45, 7) is 1.76. The lowest BCUT2D eigenvalue weighted by atomic mass is 10.1. The minimum atomic E-state index is -4.54. The van der Waals surface area contributed by atoms with Gasteiger partial charge in [0.05, 0.1) is 23.0 Å². The molecule has 1 aromatic heterocycles. The number of hydrogen-bond acceptors (Lipinski definition) is 4. The number of aromatic nitrogens is 1. The van der Waals surface area contributed by atoms with Crippen LogP contribution in [0.25, 0.3) is 0 Å². The summed E-state index contributed by atoms with van der Waals surface area (Å²) < 4.78 is 52.5. The number of halogens is 4. The Morgan fingerprint density at radius 1 is 0.912 bits per heavy atom. The molecule has 3 aromatic rings. The minimum Gasteiger partial charge on any atom is -0.353 e. The van der Waals surface area contributed by atoms with Crippen LogP contribution in [0.1, 0.15) is 26.3 Å². The summed E-state index contributed by atoms with van der Waals surface area (Å²) >= 11 is 0. The topological polar surface area (TPSA) is 65.5 Å². The fourth-order valence-corrected chi connectivity index (χ4v) is 3.63. The summed E-state index contributed by atoms with van der Waals surface area (Å²) in [5.74, 6) is -0.978. The first-order valence-electron chi connectivity index (χ1n) is 10.5. The predicted octanol–water partition coefficient (Wildman–Crippen LogP) is 4.45. The molecule has 2 aromatic carbocycles. The van der Waals surface area contributed by atoms with Crippen molar-refractivity contribution in [2.75, 3.05) is 36.4 Å². The van der Waals surface area contributed by atoms with E-state index < -0.39 is 23.5 Å². The van der Waals surface area contributed by atoms with Gasteiger partial charge in [-0.15, -0.1) is 0 Å². The van der Waals surface area contributed by atoms with Gasteiger partial charge in [-0.3, -0.25) is 9.59 Å². The van der Waals surface area contributed by atoms with Crippen LogP contribution in [0, 0.1) is 5.82 Å². The monoisotopic (exact) mass is 472 g/mol. The van der Waals surface area contributed by atoms with E-state index >= 15 is 0 Å². The number of alkyl halides is 3. The normalized spacial score (nSPS) is 14.1. The molecule has 176 valence electrons. The van der Waals surface area contributed by atoms with Gasteiger partial charge in [0, 0.05) is 31.7 Å². The third kappa shape index (κ3) is 5.16. The lowest BCUT2D eigenvalue weighted by Crippen LogP contribution is -2.49. The molecule has 2 heterocycles. The van der Waals surface area contributed by atoms with E-state index in [1.54, 1.807) is 23.1 Å². The van der Waals surface area contributed by atoms with E-state index in [0.717, 1.165) is 12.1 Å². The molecule has 1 N–H and O–H groups in total. The highest BCUT2D eigenvalue weighted by molar-refractivity contribution is 6.04. The standard InChI is InChI=1S/C24H20F4N4O2/c25-20-7-2-1-6-19(20)23(34)32-12-10-31(11-13-32)21-9-8-18(15-29-21)30-22(33)16-4-3-5-17(14-16)24(26,27)28/h1-9,14-15H,10-13H2,(H,30,33). The van der Waals surface area contributed by atoms with Gasteiger partial charge >= 0.3 is 6.18 Å². The summed E-state index contributed by atoms with van der Waals surface area (Å²) in [6, 6.07) is 13.3. The number of piperazine rings is 1. The Bertz CT molecular complexity index is 1190. The van der Waals surface area contributed by atoms with Crippen LogP contribution in [-0.4, -0.2) is 47.9 Å². The second-order valence-corrected chi connectivity index (χ2v) is 7.70. The Labute approximate surface area is 192 Å². The fraction of sp³-hybridized carbons (Fsp3) is 0.208. The summed E-state index contributed by atoms with van der Waals surface area (Å²) in [6.07, 6.45) is -3.12. The van der Waals surface area contributed by atoms with E-state index in [4.69, 9.17) is 0 Å². The number of benzene rings is 2. The van der Waals surface area contributed by atoms with Crippen molar-refractivity contribution < 1.29 is 27.2 Å². The number of anilines is 2. The molecule has 34 heavy (non-hydrogen) atoms. The summed E-state index contributed by atoms with van der Waals surface area (Å²) in [4.78, 5) is 32.7. The molecule has 0 radical (unpaired) electrons. The Morgan fingerprint density at radius 2 is 1.65 bits per heavy atom. The molecule has 0 bridgehead atoms. The van der Waals surface area contributed by atoms with E-state index in [1.807, 2.05) is 4.90 Å². The van der Waals surface area contributed by atoms with Gasteiger partial charge in [0.15, 0.2) is 0 Å². The molecule has 10 heteroatoms. The second-order valence-electron chi connectivity index (χ2n) is 7.70. The van der Waals surface area contributed by atoms with Crippen molar-refractivity contribution >= 4 is 23.3 Å². The predicted molar refractivity (Wildman–Crippen MR) is 118 cm³/mol. The molecule has 0 saturated carbocycles. The third-order valence-electron chi connectivity index (χ3n) is 5.45. The Kier molecular flexibility index (Phi) is 6.49. The number of amides is 2. The van der Waals surface area contributed by atoms with Crippen LogP contribution in [0.4, 0.5) is 29.1 Å². The number of pyridine rings is 1. The van der Waals surface area contributed by atoms with Crippen molar-refractivity contribution in [3.05, 3.63) is 89.4 Å². The van der Waals surface area contributed by atoms with Crippen LogP contribution in [0.15, 0.2) is 66.9 Å². The fourth-order valence-electron chi connectivity index (χ4n) is 3.63. The van der Waals surface area contributed by atoms with Gasteiger partial charge in [-0.1, -0.05) is 18.2 Å². The van der Waals surface area contributed by atoms with E-state index in [1.165, 1.54) is 36.5 Å². The van der Waals surface area contributed by atoms with Gasteiger partial charge < -0.3 is 15.1 Å². The maximum absolute atomic E-state index is 13.9. The number of rotatable bonds is 4. The first-order chi connectivity index (χ1) is 16.2. The number of hydrogen-bond donors (Lipinski definition) is 1. The van der Waals surface area contributed by atoms with E-state index in [0.29, 0.717) is 37.7 Å². The lowest BCUT2D eigenvalue weighted by Gasteiger charge is -2.35. The highest BCUT2D eigenvalue weighted by Gasteiger charge is 2.31. The molecule has 1 aliphatic rings. The van der Waals surface area contributed by atoms with Gasteiger partial charge in [-0.05, 0) is 42.5 Å². The van der Waals surface area contributed by atoms with Crippen LogP contribution in [0.2, 0.25) is 0 Å². The molecule has 6 nitrogen and oxygen atoms in total. The Hall–Kier alpha value is -3.95. The van der Waals surface area contributed by atoms with Crippen LogP contribution in [0.5, 0.6) is 0 Å². The molecule has 0 unspecified atom stereocenters.